The number of carbonyl (C=O) groups is 2. The first-order valence-corrected chi connectivity index (χ1v) is 9.80. The van der Waals surface area contributed by atoms with E-state index in [1.54, 1.807) is 0 Å². The molecule has 0 fully saturated rings. The van der Waals surface area contributed by atoms with Crippen LogP contribution in [0.15, 0.2) is 66.4 Å². The topological polar surface area (TPSA) is 52.6 Å². The monoisotopic (exact) mass is 377 g/mol. The van der Waals surface area contributed by atoms with Crippen molar-refractivity contribution in [1.29, 1.82) is 0 Å². The molecule has 146 valence electrons. The van der Waals surface area contributed by atoms with E-state index in [1.807, 2.05) is 65.6 Å². The predicted octanol–water partition coefficient (Wildman–Crippen LogP) is 2.90. The van der Waals surface area contributed by atoms with Crippen LogP contribution >= 0.6 is 0 Å². The summed E-state index contributed by atoms with van der Waals surface area (Å²) < 4.78 is 0. The molecule has 0 saturated carbocycles. The fraction of sp³-hybridized carbons (Fsp3) is 0.304. The van der Waals surface area contributed by atoms with Gasteiger partial charge < -0.3 is 9.80 Å². The first-order chi connectivity index (χ1) is 13.6. The van der Waals surface area contributed by atoms with Crippen LogP contribution in [0.1, 0.15) is 25.0 Å². The summed E-state index contributed by atoms with van der Waals surface area (Å²) in [6, 6.07) is 19.5. The molecule has 0 atom stereocenters. The van der Waals surface area contributed by atoms with E-state index in [9.17, 15) is 9.59 Å². The van der Waals surface area contributed by atoms with Crippen molar-refractivity contribution >= 4 is 17.4 Å². The van der Waals surface area contributed by atoms with Crippen LogP contribution < -0.4 is 5.32 Å². The molecule has 3 rings (SSSR count). The van der Waals surface area contributed by atoms with Crippen molar-refractivity contribution in [1.82, 2.24) is 15.1 Å². The van der Waals surface area contributed by atoms with Crippen LogP contribution in [0.2, 0.25) is 0 Å². The molecule has 0 radical (unpaired) electrons. The molecule has 1 N–H and O–H groups in total. The minimum atomic E-state index is -0.327. The summed E-state index contributed by atoms with van der Waals surface area (Å²) >= 11 is 0. The van der Waals surface area contributed by atoms with Crippen molar-refractivity contribution < 1.29 is 9.59 Å². The molecule has 1 aliphatic rings. The van der Waals surface area contributed by atoms with Crippen molar-refractivity contribution in [3.05, 3.63) is 77.5 Å². The zero-order valence-corrected chi connectivity index (χ0v) is 16.5. The number of likely N-dealkylation sites (N-methyl/N-ethyl adjacent to an activating group) is 1. The van der Waals surface area contributed by atoms with Crippen molar-refractivity contribution in [2.45, 2.75) is 20.4 Å². The standard InChI is InChI=1S/C23H27N3O2/c1-3-25(4-2)15-16-26(17-18-11-7-5-8-12-18)21-20(22(27)24-23(21)28)19-13-9-6-10-14-19/h5-14H,3-4,15-17H2,1-2H3,(H,24,27,28). The van der Waals surface area contributed by atoms with E-state index < -0.39 is 0 Å². The lowest BCUT2D eigenvalue weighted by molar-refractivity contribution is -0.124. The highest BCUT2D eigenvalue weighted by Gasteiger charge is 2.34. The van der Waals surface area contributed by atoms with Crippen molar-refractivity contribution in [3.8, 4) is 0 Å². The Kier molecular flexibility index (Phi) is 6.61. The molecule has 0 bridgehead atoms. The number of benzene rings is 2. The van der Waals surface area contributed by atoms with Gasteiger partial charge in [0.2, 0.25) is 0 Å². The van der Waals surface area contributed by atoms with Crippen LogP contribution in [-0.4, -0.2) is 47.8 Å². The highest BCUT2D eigenvalue weighted by atomic mass is 16.2. The van der Waals surface area contributed by atoms with Gasteiger partial charge in [-0.3, -0.25) is 14.9 Å². The van der Waals surface area contributed by atoms with Crippen LogP contribution in [0.25, 0.3) is 5.57 Å². The summed E-state index contributed by atoms with van der Waals surface area (Å²) in [6.45, 7) is 8.23. The fourth-order valence-corrected chi connectivity index (χ4v) is 3.50. The second-order valence-electron chi connectivity index (χ2n) is 6.81. The molecular formula is C23H27N3O2. The average molecular weight is 377 g/mol. The zero-order valence-electron chi connectivity index (χ0n) is 16.5. The van der Waals surface area contributed by atoms with Gasteiger partial charge in [0.1, 0.15) is 5.70 Å². The maximum Gasteiger partial charge on any atom is 0.275 e. The third-order valence-corrected chi connectivity index (χ3v) is 5.08. The number of rotatable bonds is 9. The number of hydrogen-bond donors (Lipinski definition) is 1. The first kappa shape index (κ1) is 19.8. The van der Waals surface area contributed by atoms with E-state index in [2.05, 4.69) is 24.1 Å². The summed E-state index contributed by atoms with van der Waals surface area (Å²) in [4.78, 5) is 29.7. The number of nitrogens with zero attached hydrogens (tertiary/aromatic N) is 2. The maximum absolute atomic E-state index is 12.7. The van der Waals surface area contributed by atoms with E-state index in [-0.39, 0.29) is 11.8 Å². The minimum absolute atomic E-state index is 0.320. The predicted molar refractivity (Wildman–Crippen MR) is 111 cm³/mol. The van der Waals surface area contributed by atoms with Crippen molar-refractivity contribution in [3.63, 3.8) is 0 Å². The smallest absolute Gasteiger partial charge is 0.275 e. The van der Waals surface area contributed by atoms with Crippen LogP contribution in [0, 0.1) is 0 Å². The lowest BCUT2D eigenvalue weighted by Gasteiger charge is -2.28. The Hall–Kier alpha value is -2.92. The lowest BCUT2D eigenvalue weighted by atomic mass is 10.0. The molecule has 1 aliphatic heterocycles. The number of nitrogens with one attached hydrogen (secondary N) is 1. The Morgan fingerprint density at radius 1 is 0.786 bits per heavy atom. The number of imide groups is 1. The molecule has 1 heterocycles. The van der Waals surface area contributed by atoms with Crippen molar-refractivity contribution in [2.24, 2.45) is 0 Å². The summed E-state index contributed by atoms with van der Waals surface area (Å²) in [5, 5.41) is 2.49. The highest BCUT2D eigenvalue weighted by molar-refractivity contribution is 6.35. The van der Waals surface area contributed by atoms with E-state index in [0.29, 0.717) is 24.4 Å². The summed E-state index contributed by atoms with van der Waals surface area (Å²) in [5.74, 6) is -0.647. The summed E-state index contributed by atoms with van der Waals surface area (Å²) in [5.41, 5.74) is 2.80. The Balaban J connectivity index is 1.99. The fourth-order valence-electron chi connectivity index (χ4n) is 3.50. The Morgan fingerprint density at radius 2 is 1.39 bits per heavy atom. The van der Waals surface area contributed by atoms with Crippen LogP contribution in [-0.2, 0) is 16.1 Å². The van der Waals surface area contributed by atoms with Crippen LogP contribution in [0.4, 0.5) is 0 Å². The molecule has 0 spiro atoms. The molecular weight excluding hydrogens is 350 g/mol. The molecule has 5 heteroatoms. The van der Waals surface area contributed by atoms with Gasteiger partial charge in [-0.25, -0.2) is 0 Å². The largest absolute Gasteiger partial charge is 0.361 e. The molecule has 28 heavy (non-hydrogen) atoms. The van der Waals surface area contributed by atoms with E-state index in [4.69, 9.17) is 0 Å². The number of carbonyl (C=O) groups excluding carboxylic acids is 2. The van der Waals surface area contributed by atoms with E-state index in [1.165, 1.54) is 0 Å². The average Bonchev–Trinajstić information content (AvgIpc) is 3.03. The van der Waals surface area contributed by atoms with Gasteiger partial charge in [-0.1, -0.05) is 74.5 Å². The molecule has 2 amide bonds. The molecule has 2 aromatic rings. The lowest BCUT2D eigenvalue weighted by Crippen LogP contribution is -2.37. The molecule has 0 aliphatic carbocycles. The number of hydrogen-bond acceptors (Lipinski definition) is 4. The first-order valence-electron chi connectivity index (χ1n) is 9.80. The van der Waals surface area contributed by atoms with E-state index in [0.717, 1.165) is 30.8 Å². The van der Waals surface area contributed by atoms with Gasteiger partial charge in [0.05, 0.1) is 5.57 Å². The zero-order chi connectivity index (χ0) is 19.9. The Labute approximate surface area is 166 Å². The Bertz CT molecular complexity index is 843. The summed E-state index contributed by atoms with van der Waals surface area (Å²) in [6.07, 6.45) is 0. The van der Waals surface area contributed by atoms with Crippen LogP contribution in [0.3, 0.4) is 0 Å². The number of amides is 2. The van der Waals surface area contributed by atoms with Gasteiger partial charge >= 0.3 is 0 Å². The van der Waals surface area contributed by atoms with Gasteiger partial charge in [-0.2, -0.15) is 0 Å². The SMILES string of the molecule is CCN(CC)CCN(Cc1ccccc1)C1=C(c2ccccc2)C(=O)NC1=O. The van der Waals surface area contributed by atoms with Gasteiger partial charge in [-0.15, -0.1) is 0 Å². The van der Waals surface area contributed by atoms with Gasteiger partial charge in [-0.05, 0) is 24.2 Å². The van der Waals surface area contributed by atoms with Gasteiger partial charge in [0.15, 0.2) is 0 Å². The molecule has 0 saturated heterocycles. The van der Waals surface area contributed by atoms with Crippen molar-refractivity contribution in [2.75, 3.05) is 26.2 Å². The quantitative estimate of drug-likeness (QED) is 0.683. The third-order valence-electron chi connectivity index (χ3n) is 5.08. The second kappa shape index (κ2) is 9.33. The molecule has 0 aromatic heterocycles. The molecule has 5 nitrogen and oxygen atoms in total. The minimum Gasteiger partial charge on any atom is -0.361 e. The summed E-state index contributed by atoms with van der Waals surface area (Å²) in [7, 11) is 0. The highest BCUT2D eigenvalue weighted by Crippen LogP contribution is 2.27. The maximum atomic E-state index is 12.7. The molecule has 2 aromatic carbocycles. The second-order valence-corrected chi connectivity index (χ2v) is 6.81. The van der Waals surface area contributed by atoms with E-state index >= 15 is 0 Å². The molecule has 0 unspecified atom stereocenters. The normalized spacial score (nSPS) is 14.0. The Morgan fingerprint density at radius 3 is 2.00 bits per heavy atom. The van der Waals surface area contributed by atoms with Gasteiger partial charge in [0, 0.05) is 19.6 Å². The van der Waals surface area contributed by atoms with Gasteiger partial charge in [0.25, 0.3) is 11.8 Å². The van der Waals surface area contributed by atoms with Crippen LogP contribution in [0.5, 0.6) is 0 Å². The third kappa shape index (κ3) is 4.49.